The first-order valence-electron chi connectivity index (χ1n) is 19.3. The second kappa shape index (κ2) is 12.2. The molecule has 0 amide bonds. The average molecular weight is 729 g/mol. The Hall–Kier alpha value is -7.63. The minimum Gasteiger partial charge on any atom is -0.455 e. The minimum atomic E-state index is -0.516. The Morgan fingerprint density at radius 3 is 1.82 bits per heavy atom. The Balaban J connectivity index is 1.18. The molecule has 0 fully saturated rings. The molecular formula is C52H32N4O. The number of hydrogen-bond acceptors (Lipinski definition) is 4. The lowest BCUT2D eigenvalue weighted by Crippen LogP contribution is -2.28. The molecule has 0 atom stereocenters. The molecule has 0 saturated carbocycles. The van der Waals surface area contributed by atoms with Crippen molar-refractivity contribution in [1.82, 2.24) is 19.5 Å². The Morgan fingerprint density at radius 2 is 1.04 bits per heavy atom. The standard InChI is InChI=1S/C52H32N4O/c1-4-17-33(18-5-1)49-53-50(40-27-16-26-37-36-23-12-15-30-45(36)57-48(37)40)55-51(54-49)56-43-29-14-11-25-39(43)47-44(56)32-31-42-46(47)38-24-10-13-28-41(38)52(42,34-19-6-2-7-20-34)35-21-8-3-9-22-35/h1-32H. The summed E-state index contributed by atoms with van der Waals surface area (Å²) >= 11 is 0. The summed E-state index contributed by atoms with van der Waals surface area (Å²) in [5.41, 5.74) is 12.3. The predicted molar refractivity (Wildman–Crippen MR) is 230 cm³/mol. The van der Waals surface area contributed by atoms with Crippen LogP contribution < -0.4 is 0 Å². The van der Waals surface area contributed by atoms with E-state index >= 15 is 0 Å². The molecule has 8 aromatic carbocycles. The molecule has 1 aliphatic carbocycles. The molecule has 5 nitrogen and oxygen atoms in total. The summed E-state index contributed by atoms with van der Waals surface area (Å²) in [5.74, 6) is 1.68. The summed E-state index contributed by atoms with van der Waals surface area (Å²) in [6, 6.07) is 68.5. The van der Waals surface area contributed by atoms with E-state index in [-0.39, 0.29) is 0 Å². The molecule has 57 heavy (non-hydrogen) atoms. The van der Waals surface area contributed by atoms with E-state index < -0.39 is 5.41 Å². The van der Waals surface area contributed by atoms with Crippen molar-refractivity contribution in [2.75, 3.05) is 0 Å². The Kier molecular flexibility index (Phi) is 6.78. The number of para-hydroxylation sites is 3. The summed E-state index contributed by atoms with van der Waals surface area (Å²) in [6.07, 6.45) is 0. The molecule has 5 heteroatoms. The van der Waals surface area contributed by atoms with E-state index in [1.165, 1.54) is 38.8 Å². The van der Waals surface area contributed by atoms with Gasteiger partial charge in [-0.1, -0.05) is 170 Å². The molecule has 0 radical (unpaired) electrons. The van der Waals surface area contributed by atoms with Crippen LogP contribution in [0.3, 0.4) is 0 Å². The number of furan rings is 1. The Bertz CT molecular complexity index is 3310. The summed E-state index contributed by atoms with van der Waals surface area (Å²) in [4.78, 5) is 15.7. The quantitative estimate of drug-likeness (QED) is 0.177. The highest BCUT2D eigenvalue weighted by molar-refractivity contribution is 6.18. The SMILES string of the molecule is c1ccc(-c2nc(-c3cccc4c3oc3ccccc34)nc(-n3c4ccccc4c4c5c(ccc43)C(c3ccccc3)(c3ccccc3)c3ccccc3-5)n2)cc1. The largest absolute Gasteiger partial charge is 0.455 e. The van der Waals surface area contributed by atoms with Crippen LogP contribution in [-0.4, -0.2) is 19.5 Å². The molecule has 0 unspecified atom stereocenters. The zero-order chi connectivity index (χ0) is 37.5. The van der Waals surface area contributed by atoms with E-state index in [0.29, 0.717) is 17.6 Å². The number of fused-ring (bicyclic) bond motifs is 10. The van der Waals surface area contributed by atoms with Crippen molar-refractivity contribution in [2.24, 2.45) is 0 Å². The van der Waals surface area contributed by atoms with Crippen LogP contribution in [0, 0.1) is 0 Å². The topological polar surface area (TPSA) is 56.7 Å². The maximum Gasteiger partial charge on any atom is 0.238 e. The van der Waals surface area contributed by atoms with E-state index in [4.69, 9.17) is 19.4 Å². The molecule has 0 spiro atoms. The van der Waals surface area contributed by atoms with Crippen molar-refractivity contribution >= 4 is 43.7 Å². The molecule has 0 aliphatic heterocycles. The van der Waals surface area contributed by atoms with Gasteiger partial charge in [-0.15, -0.1) is 0 Å². The number of hydrogen-bond donors (Lipinski definition) is 0. The zero-order valence-corrected chi connectivity index (χ0v) is 30.7. The van der Waals surface area contributed by atoms with E-state index in [2.05, 4.69) is 144 Å². The second-order valence-electron chi connectivity index (χ2n) is 14.7. The van der Waals surface area contributed by atoms with Gasteiger partial charge in [0.2, 0.25) is 5.95 Å². The molecule has 0 bridgehead atoms. The first-order chi connectivity index (χ1) is 28.3. The second-order valence-corrected chi connectivity index (χ2v) is 14.7. The molecule has 3 aromatic heterocycles. The van der Waals surface area contributed by atoms with Gasteiger partial charge in [0.25, 0.3) is 0 Å². The third kappa shape index (κ3) is 4.48. The molecule has 11 aromatic rings. The van der Waals surface area contributed by atoms with Crippen molar-refractivity contribution in [3.8, 4) is 39.9 Å². The zero-order valence-electron chi connectivity index (χ0n) is 30.7. The maximum absolute atomic E-state index is 6.52. The third-order valence-corrected chi connectivity index (χ3v) is 11.8. The van der Waals surface area contributed by atoms with E-state index in [9.17, 15) is 0 Å². The lowest BCUT2D eigenvalue weighted by molar-refractivity contribution is 0.669. The number of rotatable bonds is 5. The van der Waals surface area contributed by atoms with Gasteiger partial charge in [-0.3, -0.25) is 4.57 Å². The van der Waals surface area contributed by atoms with Crippen LogP contribution in [0.1, 0.15) is 22.3 Å². The highest BCUT2D eigenvalue weighted by Gasteiger charge is 2.47. The maximum atomic E-state index is 6.52. The highest BCUT2D eigenvalue weighted by atomic mass is 16.3. The Labute approximate surface area is 328 Å². The van der Waals surface area contributed by atoms with Crippen molar-refractivity contribution in [3.63, 3.8) is 0 Å². The summed E-state index contributed by atoms with van der Waals surface area (Å²) in [7, 11) is 0. The fourth-order valence-electron chi connectivity index (χ4n) is 9.43. The molecule has 0 saturated heterocycles. The first-order valence-corrected chi connectivity index (χ1v) is 19.3. The highest BCUT2D eigenvalue weighted by Crippen LogP contribution is 2.58. The van der Waals surface area contributed by atoms with Crippen LogP contribution in [0.5, 0.6) is 0 Å². The number of benzene rings is 8. The van der Waals surface area contributed by atoms with Crippen LogP contribution in [0.25, 0.3) is 83.6 Å². The van der Waals surface area contributed by atoms with Gasteiger partial charge < -0.3 is 4.42 Å². The van der Waals surface area contributed by atoms with Gasteiger partial charge in [0.15, 0.2) is 11.6 Å². The van der Waals surface area contributed by atoms with Gasteiger partial charge in [0.1, 0.15) is 11.2 Å². The number of aromatic nitrogens is 4. The normalized spacial score (nSPS) is 13.1. The van der Waals surface area contributed by atoms with Crippen molar-refractivity contribution in [3.05, 3.63) is 216 Å². The van der Waals surface area contributed by atoms with Gasteiger partial charge in [-0.05, 0) is 57.6 Å². The molecule has 1 aliphatic rings. The summed E-state index contributed by atoms with van der Waals surface area (Å²) in [5, 5.41) is 4.40. The molecule has 0 N–H and O–H groups in total. The van der Waals surface area contributed by atoms with Gasteiger partial charge in [0, 0.05) is 27.1 Å². The predicted octanol–water partition coefficient (Wildman–Crippen LogP) is 12.6. The third-order valence-electron chi connectivity index (χ3n) is 11.8. The van der Waals surface area contributed by atoms with Crippen LogP contribution in [0.2, 0.25) is 0 Å². The van der Waals surface area contributed by atoms with E-state index in [1.807, 2.05) is 54.6 Å². The van der Waals surface area contributed by atoms with Crippen LogP contribution in [-0.2, 0) is 5.41 Å². The van der Waals surface area contributed by atoms with Gasteiger partial charge in [0.05, 0.1) is 22.0 Å². The fraction of sp³-hybridized carbons (Fsp3) is 0.0192. The fourth-order valence-corrected chi connectivity index (χ4v) is 9.43. The van der Waals surface area contributed by atoms with Crippen LogP contribution >= 0.6 is 0 Å². The molecule has 12 rings (SSSR count). The Morgan fingerprint density at radius 1 is 0.421 bits per heavy atom. The van der Waals surface area contributed by atoms with Crippen LogP contribution in [0.4, 0.5) is 0 Å². The van der Waals surface area contributed by atoms with Crippen molar-refractivity contribution < 1.29 is 4.42 Å². The monoisotopic (exact) mass is 728 g/mol. The first kappa shape index (κ1) is 31.7. The minimum absolute atomic E-state index is 0.516. The van der Waals surface area contributed by atoms with Crippen molar-refractivity contribution in [2.45, 2.75) is 5.41 Å². The number of nitrogens with zero attached hydrogens (tertiary/aromatic N) is 4. The molecule has 266 valence electrons. The lowest BCUT2D eigenvalue weighted by atomic mass is 9.67. The van der Waals surface area contributed by atoms with Gasteiger partial charge in [-0.2, -0.15) is 9.97 Å². The van der Waals surface area contributed by atoms with Crippen LogP contribution in [0.15, 0.2) is 199 Å². The molecule has 3 heterocycles. The molecular weight excluding hydrogens is 697 g/mol. The van der Waals surface area contributed by atoms with Crippen molar-refractivity contribution in [1.29, 1.82) is 0 Å². The summed E-state index contributed by atoms with van der Waals surface area (Å²) < 4.78 is 8.74. The summed E-state index contributed by atoms with van der Waals surface area (Å²) in [6.45, 7) is 0. The van der Waals surface area contributed by atoms with Gasteiger partial charge >= 0.3 is 0 Å². The van der Waals surface area contributed by atoms with E-state index in [0.717, 1.165) is 49.5 Å². The lowest BCUT2D eigenvalue weighted by Gasteiger charge is -2.33. The van der Waals surface area contributed by atoms with Gasteiger partial charge in [-0.25, -0.2) is 4.98 Å². The smallest absolute Gasteiger partial charge is 0.238 e. The average Bonchev–Trinajstić information content (AvgIpc) is 3.94. The van der Waals surface area contributed by atoms with E-state index in [1.54, 1.807) is 0 Å².